The molecule has 1 saturated carbocycles. The third kappa shape index (κ3) is 3.57. The third-order valence-electron chi connectivity index (χ3n) is 3.21. The fraction of sp³-hybridized carbons (Fsp3) is 0.692. The van der Waals surface area contributed by atoms with E-state index in [0.717, 1.165) is 37.8 Å². The number of ether oxygens (including phenoxy) is 1. The highest BCUT2D eigenvalue weighted by Crippen LogP contribution is 2.33. The minimum atomic E-state index is -1.04. The number of carbonyl (C=O) groups excluding carboxylic acids is 1. The van der Waals surface area contributed by atoms with Crippen LogP contribution in [0.25, 0.3) is 0 Å². The molecule has 0 unspecified atom stereocenters. The molecule has 0 spiro atoms. The Labute approximate surface area is 106 Å². The van der Waals surface area contributed by atoms with Gasteiger partial charge in [-0.3, -0.25) is 4.79 Å². The lowest BCUT2D eigenvalue weighted by Crippen LogP contribution is -2.36. The number of carbonyl (C=O) groups is 2. The maximum atomic E-state index is 12.1. The molecule has 0 radical (unpaired) electrons. The van der Waals surface area contributed by atoms with Crippen LogP contribution in [0.15, 0.2) is 11.8 Å². The lowest BCUT2D eigenvalue weighted by molar-refractivity contribution is -0.145. The van der Waals surface area contributed by atoms with Gasteiger partial charge in [0.25, 0.3) is 5.91 Å². The van der Waals surface area contributed by atoms with Gasteiger partial charge in [0.15, 0.2) is 0 Å². The maximum absolute atomic E-state index is 12.1. The van der Waals surface area contributed by atoms with Crippen molar-refractivity contribution in [2.75, 3.05) is 13.2 Å². The van der Waals surface area contributed by atoms with Crippen LogP contribution in [-0.4, -0.2) is 41.1 Å². The molecule has 5 nitrogen and oxygen atoms in total. The highest BCUT2D eigenvalue weighted by atomic mass is 16.5. The van der Waals surface area contributed by atoms with E-state index in [0.29, 0.717) is 6.04 Å². The predicted molar refractivity (Wildman–Crippen MR) is 64.9 cm³/mol. The Morgan fingerprint density at radius 3 is 2.67 bits per heavy atom. The zero-order valence-corrected chi connectivity index (χ0v) is 10.4. The van der Waals surface area contributed by atoms with Crippen molar-refractivity contribution in [3.63, 3.8) is 0 Å². The Kier molecular flexibility index (Phi) is 4.36. The fourth-order valence-electron chi connectivity index (χ4n) is 2.27. The quantitative estimate of drug-likeness (QED) is 0.779. The summed E-state index contributed by atoms with van der Waals surface area (Å²) >= 11 is 0. The van der Waals surface area contributed by atoms with Crippen molar-refractivity contribution in [1.29, 1.82) is 0 Å². The van der Waals surface area contributed by atoms with E-state index < -0.39 is 12.6 Å². The molecule has 0 saturated heterocycles. The summed E-state index contributed by atoms with van der Waals surface area (Å²) in [6, 6.07) is 0.315. The second-order valence-corrected chi connectivity index (χ2v) is 4.82. The standard InChI is InChI=1S/C13H19NO4/c15-12(8-18-9-13(16)17)14(11-6-7-11)10-4-2-1-3-5-10/h4,11H,1-3,5-9H2,(H,16,17). The van der Waals surface area contributed by atoms with Gasteiger partial charge in [-0.25, -0.2) is 4.79 Å². The van der Waals surface area contributed by atoms with Crippen LogP contribution in [0.4, 0.5) is 0 Å². The van der Waals surface area contributed by atoms with Crippen molar-refractivity contribution in [3.8, 4) is 0 Å². The summed E-state index contributed by atoms with van der Waals surface area (Å²) in [5.41, 5.74) is 1.10. The molecule has 5 heteroatoms. The molecule has 100 valence electrons. The molecule has 0 heterocycles. The number of amides is 1. The number of allylic oxidation sites excluding steroid dienone is 2. The number of rotatable bonds is 6. The Bertz CT molecular complexity index is 360. The van der Waals surface area contributed by atoms with Crippen LogP contribution in [0.5, 0.6) is 0 Å². The molecular formula is C13H19NO4. The van der Waals surface area contributed by atoms with Gasteiger partial charge < -0.3 is 14.7 Å². The molecule has 0 aromatic carbocycles. The molecule has 0 aliphatic heterocycles. The summed E-state index contributed by atoms with van der Waals surface area (Å²) in [5, 5.41) is 8.47. The number of nitrogens with zero attached hydrogens (tertiary/aromatic N) is 1. The molecule has 1 N–H and O–H groups in total. The van der Waals surface area contributed by atoms with E-state index in [4.69, 9.17) is 9.84 Å². The molecule has 0 bridgehead atoms. The van der Waals surface area contributed by atoms with Gasteiger partial charge in [0, 0.05) is 11.7 Å². The lowest BCUT2D eigenvalue weighted by atomic mass is 10.0. The molecule has 0 aromatic rings. The zero-order chi connectivity index (χ0) is 13.0. The molecule has 0 atom stereocenters. The number of aliphatic carboxylic acids is 1. The zero-order valence-electron chi connectivity index (χ0n) is 10.4. The van der Waals surface area contributed by atoms with E-state index in [1.165, 1.54) is 6.42 Å². The first-order chi connectivity index (χ1) is 8.68. The number of carboxylic acid groups (broad SMARTS) is 1. The summed E-state index contributed by atoms with van der Waals surface area (Å²) in [5.74, 6) is -1.15. The number of carboxylic acids is 1. The molecule has 2 aliphatic rings. The summed E-state index contributed by atoms with van der Waals surface area (Å²) in [6.45, 7) is -0.552. The van der Waals surface area contributed by atoms with E-state index in [1.807, 2.05) is 4.90 Å². The highest BCUT2D eigenvalue weighted by molar-refractivity contribution is 5.80. The summed E-state index contributed by atoms with van der Waals surface area (Å²) in [4.78, 5) is 24.2. The molecular weight excluding hydrogens is 234 g/mol. The van der Waals surface area contributed by atoms with Crippen LogP contribution in [0.3, 0.4) is 0 Å². The van der Waals surface area contributed by atoms with Crippen LogP contribution in [-0.2, 0) is 14.3 Å². The van der Waals surface area contributed by atoms with Crippen molar-refractivity contribution in [1.82, 2.24) is 4.90 Å². The van der Waals surface area contributed by atoms with Crippen molar-refractivity contribution in [2.45, 2.75) is 44.6 Å². The first-order valence-corrected chi connectivity index (χ1v) is 6.49. The number of hydrogen-bond acceptors (Lipinski definition) is 3. The smallest absolute Gasteiger partial charge is 0.329 e. The molecule has 1 amide bonds. The average Bonchev–Trinajstić information content (AvgIpc) is 3.15. The van der Waals surface area contributed by atoms with Gasteiger partial charge in [-0.05, 0) is 38.5 Å². The first-order valence-electron chi connectivity index (χ1n) is 6.49. The van der Waals surface area contributed by atoms with Gasteiger partial charge in [-0.2, -0.15) is 0 Å². The van der Waals surface area contributed by atoms with Crippen molar-refractivity contribution >= 4 is 11.9 Å². The summed E-state index contributed by atoms with van der Waals surface area (Å²) < 4.78 is 4.89. The Morgan fingerprint density at radius 2 is 2.11 bits per heavy atom. The van der Waals surface area contributed by atoms with Crippen molar-refractivity contribution in [3.05, 3.63) is 11.8 Å². The molecule has 2 aliphatic carbocycles. The molecule has 0 aromatic heterocycles. The average molecular weight is 253 g/mol. The first kappa shape index (κ1) is 13.1. The minimum Gasteiger partial charge on any atom is -0.480 e. The summed E-state index contributed by atoms with van der Waals surface area (Å²) in [7, 11) is 0. The Balaban J connectivity index is 1.90. The molecule has 2 rings (SSSR count). The minimum absolute atomic E-state index is 0.105. The van der Waals surface area contributed by atoms with E-state index in [2.05, 4.69) is 6.08 Å². The van der Waals surface area contributed by atoms with E-state index in [-0.39, 0.29) is 12.5 Å². The van der Waals surface area contributed by atoms with Gasteiger partial charge in [-0.15, -0.1) is 0 Å². The lowest BCUT2D eigenvalue weighted by Gasteiger charge is -2.27. The van der Waals surface area contributed by atoms with E-state index >= 15 is 0 Å². The van der Waals surface area contributed by atoms with Gasteiger partial charge in [0.05, 0.1) is 0 Å². The van der Waals surface area contributed by atoms with E-state index in [9.17, 15) is 9.59 Å². The van der Waals surface area contributed by atoms with Gasteiger partial charge >= 0.3 is 5.97 Å². The number of hydrogen-bond donors (Lipinski definition) is 1. The second kappa shape index (κ2) is 6.00. The monoisotopic (exact) mass is 253 g/mol. The largest absolute Gasteiger partial charge is 0.480 e. The van der Waals surface area contributed by atoms with Crippen LogP contribution in [0, 0.1) is 0 Å². The third-order valence-corrected chi connectivity index (χ3v) is 3.21. The van der Waals surface area contributed by atoms with Crippen LogP contribution >= 0.6 is 0 Å². The fourth-order valence-corrected chi connectivity index (χ4v) is 2.27. The van der Waals surface area contributed by atoms with Crippen LogP contribution < -0.4 is 0 Å². The van der Waals surface area contributed by atoms with Crippen molar-refractivity contribution < 1.29 is 19.4 Å². The predicted octanol–water partition coefficient (Wildman–Crippen LogP) is 1.54. The van der Waals surface area contributed by atoms with Gasteiger partial charge in [0.1, 0.15) is 13.2 Å². The second-order valence-electron chi connectivity index (χ2n) is 4.82. The topological polar surface area (TPSA) is 66.8 Å². The SMILES string of the molecule is O=C(O)COCC(=O)N(C1=CCCCC1)C1CC1. The normalized spacial score (nSPS) is 19.2. The molecule has 18 heavy (non-hydrogen) atoms. The van der Waals surface area contributed by atoms with Crippen molar-refractivity contribution in [2.24, 2.45) is 0 Å². The van der Waals surface area contributed by atoms with E-state index in [1.54, 1.807) is 0 Å². The molecule has 1 fully saturated rings. The maximum Gasteiger partial charge on any atom is 0.329 e. The highest BCUT2D eigenvalue weighted by Gasteiger charge is 2.34. The van der Waals surface area contributed by atoms with Crippen LogP contribution in [0.2, 0.25) is 0 Å². The Morgan fingerprint density at radius 1 is 1.33 bits per heavy atom. The van der Waals surface area contributed by atoms with Crippen LogP contribution in [0.1, 0.15) is 38.5 Å². The Hall–Kier alpha value is -1.36. The van der Waals surface area contributed by atoms with Gasteiger partial charge in [-0.1, -0.05) is 6.08 Å². The summed E-state index contributed by atoms with van der Waals surface area (Å²) in [6.07, 6.45) is 8.51. The van der Waals surface area contributed by atoms with Gasteiger partial charge in [0.2, 0.25) is 0 Å².